The smallest absolute Gasteiger partial charge is 0.268 e. The van der Waals surface area contributed by atoms with Crippen LogP contribution in [0, 0.1) is 0 Å². The Morgan fingerprint density at radius 3 is 3.12 bits per heavy atom. The number of aromatic nitrogens is 4. The highest BCUT2D eigenvalue weighted by Gasteiger charge is 2.11. The molecule has 0 spiro atoms. The van der Waals surface area contributed by atoms with Crippen molar-refractivity contribution in [1.29, 1.82) is 0 Å². The molecule has 2 rings (SSSR count). The molecule has 0 aromatic carbocycles. The van der Waals surface area contributed by atoms with Gasteiger partial charge in [-0.3, -0.25) is 9.89 Å². The molecule has 7 heteroatoms. The van der Waals surface area contributed by atoms with Crippen LogP contribution in [0.1, 0.15) is 23.2 Å². The molecular weight excluding hydrogens is 220 g/mol. The maximum absolute atomic E-state index is 11.9. The molecule has 90 valence electrons. The first-order chi connectivity index (χ1) is 8.20. The van der Waals surface area contributed by atoms with Gasteiger partial charge in [0.1, 0.15) is 17.8 Å². The molecule has 0 fully saturated rings. The number of anilines is 1. The standard InChI is InChI=1S/C10H14N6O/c1-2-16-5-7(11)3-8(16)10(17)12-4-9-13-6-14-15-9/h3,5-6H,2,4,11H2,1H3,(H,12,17)(H,13,14,15). The predicted octanol–water partition coefficient (Wildman–Crippen LogP) is 0.138. The number of carbonyl (C=O) groups is 1. The molecule has 0 saturated carbocycles. The molecule has 1 amide bonds. The zero-order chi connectivity index (χ0) is 12.3. The quantitative estimate of drug-likeness (QED) is 0.700. The van der Waals surface area contributed by atoms with E-state index in [9.17, 15) is 4.79 Å². The molecule has 4 N–H and O–H groups in total. The first-order valence-corrected chi connectivity index (χ1v) is 5.28. The van der Waals surface area contributed by atoms with E-state index in [0.717, 1.165) is 0 Å². The average Bonchev–Trinajstić information content (AvgIpc) is 2.94. The van der Waals surface area contributed by atoms with Crippen LogP contribution in [0.5, 0.6) is 0 Å². The van der Waals surface area contributed by atoms with Crippen LogP contribution in [0.4, 0.5) is 5.69 Å². The molecule has 2 aromatic heterocycles. The zero-order valence-corrected chi connectivity index (χ0v) is 9.47. The lowest BCUT2D eigenvalue weighted by molar-refractivity contribution is 0.0941. The second kappa shape index (κ2) is 4.69. The number of nitrogens with two attached hydrogens (primary N) is 1. The molecule has 7 nitrogen and oxygen atoms in total. The highest BCUT2D eigenvalue weighted by atomic mass is 16.1. The Morgan fingerprint density at radius 1 is 1.65 bits per heavy atom. The van der Waals surface area contributed by atoms with Crippen LogP contribution >= 0.6 is 0 Å². The third kappa shape index (κ3) is 2.44. The van der Waals surface area contributed by atoms with Crippen molar-refractivity contribution in [2.45, 2.75) is 20.0 Å². The van der Waals surface area contributed by atoms with E-state index < -0.39 is 0 Å². The van der Waals surface area contributed by atoms with Crippen molar-refractivity contribution >= 4 is 11.6 Å². The second-order valence-electron chi connectivity index (χ2n) is 3.56. The second-order valence-corrected chi connectivity index (χ2v) is 3.56. The summed E-state index contributed by atoms with van der Waals surface area (Å²) < 4.78 is 1.80. The first-order valence-electron chi connectivity index (χ1n) is 5.28. The summed E-state index contributed by atoms with van der Waals surface area (Å²) in [5, 5.41) is 9.11. The number of nitrogens with zero attached hydrogens (tertiary/aromatic N) is 3. The molecule has 0 atom stereocenters. The van der Waals surface area contributed by atoms with Crippen LogP contribution in [0.25, 0.3) is 0 Å². The maximum atomic E-state index is 11.9. The van der Waals surface area contributed by atoms with Gasteiger partial charge in [-0.15, -0.1) is 0 Å². The molecule has 17 heavy (non-hydrogen) atoms. The highest BCUT2D eigenvalue weighted by molar-refractivity contribution is 5.93. The van der Waals surface area contributed by atoms with Gasteiger partial charge in [0.15, 0.2) is 0 Å². The molecule has 2 heterocycles. The number of amides is 1. The summed E-state index contributed by atoms with van der Waals surface area (Å²) in [5.74, 6) is 0.431. The number of hydrogen-bond donors (Lipinski definition) is 3. The van der Waals surface area contributed by atoms with Crippen molar-refractivity contribution in [2.75, 3.05) is 5.73 Å². The Labute approximate surface area is 98.0 Å². The van der Waals surface area contributed by atoms with Crippen LogP contribution in [0.15, 0.2) is 18.6 Å². The van der Waals surface area contributed by atoms with E-state index in [1.54, 1.807) is 16.8 Å². The summed E-state index contributed by atoms with van der Waals surface area (Å²) in [6, 6.07) is 1.65. The highest BCUT2D eigenvalue weighted by Crippen LogP contribution is 2.10. The number of rotatable bonds is 4. The molecular formula is C10H14N6O. The molecule has 0 saturated heterocycles. The third-order valence-electron chi connectivity index (χ3n) is 2.37. The van der Waals surface area contributed by atoms with E-state index in [1.165, 1.54) is 6.33 Å². The van der Waals surface area contributed by atoms with Crippen molar-refractivity contribution in [1.82, 2.24) is 25.1 Å². The van der Waals surface area contributed by atoms with Crippen LogP contribution in [-0.4, -0.2) is 25.7 Å². The molecule has 0 aliphatic heterocycles. The number of H-pyrrole nitrogens is 1. The fraction of sp³-hybridized carbons (Fsp3) is 0.300. The maximum Gasteiger partial charge on any atom is 0.268 e. The summed E-state index contributed by atoms with van der Waals surface area (Å²) in [6.45, 7) is 2.96. The predicted molar refractivity (Wildman–Crippen MR) is 62.1 cm³/mol. The number of aromatic amines is 1. The normalized spacial score (nSPS) is 10.4. The van der Waals surface area contributed by atoms with E-state index in [2.05, 4.69) is 20.5 Å². The van der Waals surface area contributed by atoms with Gasteiger partial charge in [0.25, 0.3) is 5.91 Å². The summed E-state index contributed by atoms with van der Waals surface area (Å²) in [5.41, 5.74) is 6.78. The van der Waals surface area contributed by atoms with Gasteiger partial charge in [0.05, 0.1) is 12.2 Å². The van der Waals surface area contributed by atoms with Crippen molar-refractivity contribution in [3.8, 4) is 0 Å². The Kier molecular flexibility index (Phi) is 3.08. The fourth-order valence-electron chi connectivity index (χ4n) is 1.56. The minimum absolute atomic E-state index is 0.181. The molecule has 2 aromatic rings. The number of nitrogen functional groups attached to an aromatic ring is 1. The van der Waals surface area contributed by atoms with Crippen LogP contribution in [0.3, 0.4) is 0 Å². The van der Waals surface area contributed by atoms with Gasteiger partial charge in [-0.25, -0.2) is 4.98 Å². The Hall–Kier alpha value is -2.31. The van der Waals surface area contributed by atoms with E-state index in [1.807, 2.05) is 6.92 Å². The lowest BCUT2D eigenvalue weighted by Gasteiger charge is -2.05. The van der Waals surface area contributed by atoms with Gasteiger partial charge in [-0.05, 0) is 13.0 Å². The van der Waals surface area contributed by atoms with Crippen molar-refractivity contribution in [3.05, 3.63) is 30.1 Å². The van der Waals surface area contributed by atoms with Crippen molar-refractivity contribution in [2.24, 2.45) is 0 Å². The van der Waals surface area contributed by atoms with E-state index >= 15 is 0 Å². The van der Waals surface area contributed by atoms with Gasteiger partial charge < -0.3 is 15.6 Å². The molecule has 0 aliphatic carbocycles. The van der Waals surface area contributed by atoms with E-state index in [4.69, 9.17) is 5.73 Å². The van der Waals surface area contributed by atoms with Gasteiger partial charge in [0, 0.05) is 12.7 Å². The molecule has 0 aliphatic rings. The average molecular weight is 234 g/mol. The number of hydrogen-bond acceptors (Lipinski definition) is 4. The van der Waals surface area contributed by atoms with Crippen LogP contribution < -0.4 is 11.1 Å². The van der Waals surface area contributed by atoms with Gasteiger partial charge in [-0.1, -0.05) is 0 Å². The Morgan fingerprint density at radius 2 is 2.47 bits per heavy atom. The van der Waals surface area contributed by atoms with E-state index in [-0.39, 0.29) is 5.91 Å². The topological polar surface area (TPSA) is 102 Å². The lowest BCUT2D eigenvalue weighted by Crippen LogP contribution is -2.25. The lowest BCUT2D eigenvalue weighted by atomic mass is 10.3. The molecule has 0 unspecified atom stereocenters. The summed E-state index contributed by atoms with van der Waals surface area (Å²) >= 11 is 0. The first kappa shape index (κ1) is 11.2. The molecule has 0 bridgehead atoms. The van der Waals surface area contributed by atoms with Crippen LogP contribution in [-0.2, 0) is 13.1 Å². The summed E-state index contributed by atoms with van der Waals surface area (Å²) in [4.78, 5) is 15.8. The zero-order valence-electron chi connectivity index (χ0n) is 9.47. The number of carbonyl (C=O) groups excluding carboxylic acids is 1. The van der Waals surface area contributed by atoms with Crippen LogP contribution in [0.2, 0.25) is 0 Å². The Balaban J connectivity index is 2.04. The minimum atomic E-state index is -0.181. The van der Waals surface area contributed by atoms with Crippen molar-refractivity contribution < 1.29 is 4.79 Å². The van der Waals surface area contributed by atoms with E-state index in [0.29, 0.717) is 30.3 Å². The van der Waals surface area contributed by atoms with Gasteiger partial charge >= 0.3 is 0 Å². The SMILES string of the molecule is CCn1cc(N)cc1C(=O)NCc1ncn[nH]1. The monoisotopic (exact) mass is 234 g/mol. The largest absolute Gasteiger partial charge is 0.397 e. The minimum Gasteiger partial charge on any atom is -0.397 e. The van der Waals surface area contributed by atoms with Gasteiger partial charge in [-0.2, -0.15) is 5.10 Å². The number of nitrogens with one attached hydrogen (secondary N) is 2. The fourth-order valence-corrected chi connectivity index (χ4v) is 1.56. The van der Waals surface area contributed by atoms with Crippen molar-refractivity contribution in [3.63, 3.8) is 0 Å². The summed E-state index contributed by atoms with van der Waals surface area (Å²) in [6.07, 6.45) is 3.14. The molecule has 0 radical (unpaired) electrons. The Bertz CT molecular complexity index is 501. The summed E-state index contributed by atoms with van der Waals surface area (Å²) in [7, 11) is 0. The van der Waals surface area contributed by atoms with Gasteiger partial charge in [0.2, 0.25) is 0 Å². The third-order valence-corrected chi connectivity index (χ3v) is 2.37. The number of aryl methyl sites for hydroxylation is 1.